The van der Waals surface area contributed by atoms with Gasteiger partial charge >= 0.3 is 0 Å². The Morgan fingerprint density at radius 2 is 2.00 bits per heavy atom. The molecule has 0 radical (unpaired) electrons. The van der Waals surface area contributed by atoms with Crippen molar-refractivity contribution >= 4 is 11.7 Å². The highest BCUT2D eigenvalue weighted by atomic mass is 16.6. The van der Waals surface area contributed by atoms with Crippen LogP contribution in [0.15, 0.2) is 22.8 Å². The Bertz CT molecular complexity index is 632. The second-order valence-corrected chi connectivity index (χ2v) is 5.30. The smallest absolute Gasteiger partial charge is 0.228 e. The van der Waals surface area contributed by atoms with Crippen LogP contribution in [0.2, 0.25) is 0 Å². The van der Waals surface area contributed by atoms with Crippen molar-refractivity contribution in [1.82, 2.24) is 10.3 Å². The quantitative estimate of drug-likeness (QED) is 0.914. The Kier molecular flexibility index (Phi) is 4.73. The van der Waals surface area contributed by atoms with E-state index in [1.54, 1.807) is 0 Å². The van der Waals surface area contributed by atoms with E-state index in [0.29, 0.717) is 11.5 Å². The Morgan fingerprint density at radius 1 is 1.24 bits per heavy atom. The zero-order valence-electron chi connectivity index (χ0n) is 12.9. The number of benzene rings is 1. The monoisotopic (exact) mass is 287 g/mol. The topological polar surface area (TPSA) is 68.0 Å². The summed E-state index contributed by atoms with van der Waals surface area (Å²) in [6, 6.07) is 6.29. The number of carbonyl (C=O) groups is 1. The fourth-order valence-corrected chi connectivity index (χ4v) is 2.08. The Labute approximate surface area is 124 Å². The van der Waals surface area contributed by atoms with E-state index < -0.39 is 0 Å². The summed E-state index contributed by atoms with van der Waals surface area (Å²) < 4.78 is 4.84. The van der Waals surface area contributed by atoms with E-state index in [9.17, 15) is 4.79 Å². The molecule has 0 saturated heterocycles. The van der Waals surface area contributed by atoms with Gasteiger partial charge in [0.1, 0.15) is 0 Å². The van der Waals surface area contributed by atoms with Crippen molar-refractivity contribution in [2.45, 2.75) is 40.5 Å². The van der Waals surface area contributed by atoms with Crippen molar-refractivity contribution in [3.05, 3.63) is 29.3 Å². The molecular formula is C16H21N3O2. The van der Waals surface area contributed by atoms with Crippen molar-refractivity contribution in [3.8, 4) is 11.3 Å². The van der Waals surface area contributed by atoms with Crippen molar-refractivity contribution in [1.29, 1.82) is 0 Å². The van der Waals surface area contributed by atoms with Gasteiger partial charge in [-0.25, -0.2) is 4.63 Å². The van der Waals surface area contributed by atoms with Gasteiger partial charge in [-0.05, 0) is 40.3 Å². The fraction of sp³-hybridized carbons (Fsp3) is 0.438. The van der Waals surface area contributed by atoms with Crippen LogP contribution in [-0.4, -0.2) is 16.2 Å². The van der Waals surface area contributed by atoms with Crippen LogP contribution in [0.1, 0.15) is 38.8 Å². The second-order valence-electron chi connectivity index (χ2n) is 5.30. The van der Waals surface area contributed by atoms with Gasteiger partial charge in [-0.3, -0.25) is 4.79 Å². The number of anilines is 1. The first-order chi connectivity index (χ1) is 10.1. The molecule has 21 heavy (non-hydrogen) atoms. The van der Waals surface area contributed by atoms with Crippen LogP contribution in [0.4, 0.5) is 5.82 Å². The summed E-state index contributed by atoms with van der Waals surface area (Å²) in [7, 11) is 0. The molecule has 0 unspecified atom stereocenters. The summed E-state index contributed by atoms with van der Waals surface area (Å²) in [5.74, 6) is 0.162. The van der Waals surface area contributed by atoms with Gasteiger partial charge in [0.2, 0.25) is 11.7 Å². The molecule has 1 aromatic carbocycles. The molecule has 1 heterocycles. The number of carbonyl (C=O) groups excluding carboxylic acids is 1. The molecule has 2 rings (SSSR count). The van der Waals surface area contributed by atoms with Crippen LogP contribution >= 0.6 is 0 Å². The lowest BCUT2D eigenvalue weighted by molar-refractivity contribution is -0.118. The molecule has 5 heteroatoms. The van der Waals surface area contributed by atoms with Gasteiger partial charge < -0.3 is 5.32 Å². The molecule has 0 aliphatic carbocycles. The van der Waals surface area contributed by atoms with Crippen LogP contribution in [-0.2, 0) is 17.6 Å². The lowest BCUT2D eigenvalue weighted by Gasteiger charge is -2.09. The number of hydrogen-bond donors (Lipinski definition) is 1. The van der Waals surface area contributed by atoms with Crippen molar-refractivity contribution < 1.29 is 9.42 Å². The average molecular weight is 287 g/mol. The summed E-state index contributed by atoms with van der Waals surface area (Å²) in [4.78, 5) is 11.9. The molecule has 0 spiro atoms. The highest BCUT2D eigenvalue weighted by Crippen LogP contribution is 2.29. The molecule has 5 nitrogen and oxygen atoms in total. The van der Waals surface area contributed by atoms with Crippen LogP contribution < -0.4 is 5.32 Å². The molecule has 0 bridgehead atoms. The lowest BCUT2D eigenvalue weighted by atomic mass is 9.98. The van der Waals surface area contributed by atoms with E-state index in [-0.39, 0.29) is 11.8 Å². The zero-order chi connectivity index (χ0) is 15.4. The van der Waals surface area contributed by atoms with Crippen molar-refractivity contribution in [2.24, 2.45) is 5.92 Å². The highest BCUT2D eigenvalue weighted by Gasteiger charge is 2.18. The van der Waals surface area contributed by atoms with Gasteiger partial charge in [0.05, 0.1) is 0 Å². The van der Waals surface area contributed by atoms with Gasteiger partial charge in [-0.2, -0.15) is 0 Å². The number of nitrogens with zero attached hydrogens (tertiary/aromatic N) is 2. The standard InChI is InChI=1S/C16H21N3O2/c1-5-11-7-8-12(6-2)13(9-11)14-15(19-21-18-14)17-16(20)10(3)4/h7-10H,5-6H2,1-4H3,(H,17,19,20). The summed E-state index contributed by atoms with van der Waals surface area (Å²) in [5, 5.41) is 10.6. The SMILES string of the molecule is CCc1ccc(CC)c(-c2nonc2NC(=O)C(C)C)c1. The van der Waals surface area contributed by atoms with E-state index in [4.69, 9.17) is 4.63 Å². The number of amides is 1. The van der Waals surface area contributed by atoms with Crippen molar-refractivity contribution in [3.63, 3.8) is 0 Å². The molecule has 0 aliphatic heterocycles. The van der Waals surface area contributed by atoms with E-state index in [0.717, 1.165) is 24.0 Å². The fourth-order valence-electron chi connectivity index (χ4n) is 2.08. The molecule has 0 atom stereocenters. The molecule has 0 fully saturated rings. The van der Waals surface area contributed by atoms with E-state index in [2.05, 4.69) is 47.7 Å². The molecule has 1 aromatic heterocycles. The molecule has 1 N–H and O–H groups in total. The Hall–Kier alpha value is -2.17. The minimum atomic E-state index is -0.123. The number of aryl methyl sites for hydroxylation is 2. The van der Waals surface area contributed by atoms with Gasteiger partial charge in [-0.15, -0.1) is 0 Å². The van der Waals surface area contributed by atoms with Gasteiger partial charge in [0, 0.05) is 11.5 Å². The number of nitrogens with one attached hydrogen (secondary N) is 1. The summed E-state index contributed by atoms with van der Waals surface area (Å²) in [6.45, 7) is 7.85. The van der Waals surface area contributed by atoms with Crippen LogP contribution in [0, 0.1) is 5.92 Å². The minimum Gasteiger partial charge on any atom is -0.306 e. The van der Waals surface area contributed by atoms with E-state index >= 15 is 0 Å². The summed E-state index contributed by atoms with van der Waals surface area (Å²) >= 11 is 0. The van der Waals surface area contributed by atoms with Crippen molar-refractivity contribution in [2.75, 3.05) is 5.32 Å². The highest BCUT2D eigenvalue weighted by molar-refractivity contribution is 5.94. The number of rotatable bonds is 5. The van der Waals surface area contributed by atoms with Crippen LogP contribution in [0.3, 0.4) is 0 Å². The second kappa shape index (κ2) is 6.52. The first-order valence-electron chi connectivity index (χ1n) is 7.32. The summed E-state index contributed by atoms with van der Waals surface area (Å²) in [5.41, 5.74) is 3.93. The van der Waals surface area contributed by atoms with Crippen LogP contribution in [0.5, 0.6) is 0 Å². The lowest BCUT2D eigenvalue weighted by Crippen LogP contribution is -2.18. The summed E-state index contributed by atoms with van der Waals surface area (Å²) in [6.07, 6.45) is 1.82. The predicted molar refractivity (Wildman–Crippen MR) is 82.0 cm³/mol. The van der Waals surface area contributed by atoms with Gasteiger partial charge in [-0.1, -0.05) is 39.8 Å². The first-order valence-corrected chi connectivity index (χ1v) is 7.32. The maximum absolute atomic E-state index is 11.9. The predicted octanol–water partition coefficient (Wildman–Crippen LogP) is 3.46. The molecule has 1 amide bonds. The van der Waals surface area contributed by atoms with E-state index in [1.165, 1.54) is 5.56 Å². The maximum Gasteiger partial charge on any atom is 0.228 e. The largest absolute Gasteiger partial charge is 0.306 e. The first kappa shape index (κ1) is 15.2. The normalized spacial score (nSPS) is 10.9. The molecule has 2 aromatic rings. The average Bonchev–Trinajstić information content (AvgIpc) is 2.94. The molecular weight excluding hydrogens is 266 g/mol. The van der Waals surface area contributed by atoms with Gasteiger partial charge in [0.15, 0.2) is 5.69 Å². The van der Waals surface area contributed by atoms with Gasteiger partial charge in [0.25, 0.3) is 0 Å². The Morgan fingerprint density at radius 3 is 2.62 bits per heavy atom. The third-order valence-corrected chi connectivity index (χ3v) is 3.47. The minimum absolute atomic E-state index is 0.100. The molecule has 0 aliphatic rings. The van der Waals surface area contributed by atoms with E-state index in [1.807, 2.05) is 13.8 Å². The maximum atomic E-state index is 11.9. The third kappa shape index (κ3) is 3.29. The Balaban J connectivity index is 2.43. The number of aromatic nitrogens is 2. The zero-order valence-corrected chi connectivity index (χ0v) is 12.9. The number of hydrogen-bond acceptors (Lipinski definition) is 4. The van der Waals surface area contributed by atoms with Crippen LogP contribution in [0.25, 0.3) is 11.3 Å². The molecule has 112 valence electrons. The molecule has 0 saturated carbocycles. The third-order valence-electron chi connectivity index (χ3n) is 3.47.